The summed E-state index contributed by atoms with van der Waals surface area (Å²) in [5.41, 5.74) is 5.82. The van der Waals surface area contributed by atoms with Gasteiger partial charge in [-0.15, -0.1) is 0 Å². The van der Waals surface area contributed by atoms with Gasteiger partial charge in [0.15, 0.2) is 11.5 Å². The summed E-state index contributed by atoms with van der Waals surface area (Å²) >= 11 is 0. The highest BCUT2D eigenvalue weighted by Crippen LogP contribution is 2.34. The highest BCUT2D eigenvalue weighted by Gasteiger charge is 2.17. The van der Waals surface area contributed by atoms with Crippen molar-refractivity contribution in [2.24, 2.45) is 0 Å². The Bertz CT molecular complexity index is 464. The molecular formula is C10H7NO4. The molecule has 5 heteroatoms. The van der Waals surface area contributed by atoms with Crippen molar-refractivity contribution >= 4 is 17.6 Å². The smallest absolute Gasteiger partial charge is 0.336 e. The Balaban J connectivity index is 2.51. The van der Waals surface area contributed by atoms with E-state index in [9.17, 15) is 9.59 Å². The van der Waals surface area contributed by atoms with Gasteiger partial charge >= 0.3 is 11.9 Å². The van der Waals surface area contributed by atoms with Crippen molar-refractivity contribution in [2.75, 3.05) is 5.73 Å². The van der Waals surface area contributed by atoms with Crippen LogP contribution in [0.3, 0.4) is 0 Å². The van der Waals surface area contributed by atoms with E-state index < -0.39 is 11.9 Å². The van der Waals surface area contributed by atoms with Gasteiger partial charge in [0.2, 0.25) is 0 Å². The molecule has 1 aliphatic rings. The summed E-state index contributed by atoms with van der Waals surface area (Å²) in [5.74, 6) is -1.10. The number of para-hydroxylation sites is 1. The standard InChI is InChI=1S/C10H7NO4/c11-6-2-1-3-7-10(6)15-9(13)5-4-8(12)14-7/h1-5H,11H2/b5-4+. The molecule has 0 fully saturated rings. The van der Waals surface area contributed by atoms with Crippen molar-refractivity contribution in [3.8, 4) is 11.5 Å². The molecule has 1 heterocycles. The third-order valence-corrected chi connectivity index (χ3v) is 1.78. The fourth-order valence-electron chi connectivity index (χ4n) is 1.14. The molecule has 0 aromatic heterocycles. The van der Waals surface area contributed by atoms with Gasteiger partial charge in [0.25, 0.3) is 0 Å². The van der Waals surface area contributed by atoms with Crippen LogP contribution in [-0.2, 0) is 9.59 Å². The van der Waals surface area contributed by atoms with Crippen LogP contribution in [-0.4, -0.2) is 11.9 Å². The predicted molar refractivity (Wildman–Crippen MR) is 51.3 cm³/mol. The summed E-state index contributed by atoms with van der Waals surface area (Å²) in [6.07, 6.45) is 1.98. The number of carbonyl (C=O) groups excluding carboxylic acids is 2. The number of hydrogen-bond donors (Lipinski definition) is 1. The molecule has 0 amide bonds. The first kappa shape index (κ1) is 9.26. The SMILES string of the molecule is Nc1cccc2c1OC(=O)/C=C/C(=O)O2. The van der Waals surface area contributed by atoms with Crippen LogP contribution in [0.15, 0.2) is 30.4 Å². The van der Waals surface area contributed by atoms with E-state index in [-0.39, 0.29) is 17.2 Å². The minimum atomic E-state index is -0.661. The summed E-state index contributed by atoms with van der Waals surface area (Å²) in [6.45, 7) is 0. The molecule has 1 aromatic carbocycles. The van der Waals surface area contributed by atoms with E-state index in [1.54, 1.807) is 12.1 Å². The average molecular weight is 205 g/mol. The molecule has 0 saturated heterocycles. The van der Waals surface area contributed by atoms with Crippen LogP contribution in [0, 0.1) is 0 Å². The van der Waals surface area contributed by atoms with Crippen LogP contribution in [0.25, 0.3) is 0 Å². The molecule has 1 aromatic rings. The molecule has 5 nitrogen and oxygen atoms in total. The summed E-state index contributed by atoms with van der Waals surface area (Å²) in [7, 11) is 0. The molecule has 76 valence electrons. The second kappa shape index (κ2) is 3.45. The highest BCUT2D eigenvalue weighted by atomic mass is 16.6. The van der Waals surface area contributed by atoms with Crippen molar-refractivity contribution in [3.05, 3.63) is 30.4 Å². The van der Waals surface area contributed by atoms with Gasteiger partial charge in [-0.1, -0.05) is 6.07 Å². The second-order valence-electron chi connectivity index (χ2n) is 2.85. The second-order valence-corrected chi connectivity index (χ2v) is 2.85. The van der Waals surface area contributed by atoms with Gasteiger partial charge in [0, 0.05) is 12.2 Å². The molecule has 2 N–H and O–H groups in total. The van der Waals surface area contributed by atoms with E-state index in [1.165, 1.54) is 6.07 Å². The number of carbonyl (C=O) groups is 2. The Kier molecular flexibility index (Phi) is 2.13. The Hall–Kier alpha value is -2.30. The molecule has 1 aliphatic heterocycles. The molecular weight excluding hydrogens is 198 g/mol. The molecule has 0 spiro atoms. The zero-order chi connectivity index (χ0) is 10.8. The highest BCUT2D eigenvalue weighted by molar-refractivity contribution is 5.95. The summed E-state index contributed by atoms with van der Waals surface area (Å²) in [5, 5.41) is 0. The molecule has 0 aliphatic carbocycles. The zero-order valence-corrected chi connectivity index (χ0v) is 7.60. The number of nitrogen functional groups attached to an aromatic ring is 1. The monoisotopic (exact) mass is 205 g/mol. The molecule has 2 rings (SSSR count). The summed E-state index contributed by atoms with van der Waals surface area (Å²) < 4.78 is 9.77. The number of benzene rings is 1. The van der Waals surface area contributed by atoms with Gasteiger partial charge in [-0.05, 0) is 12.1 Å². The average Bonchev–Trinajstić information content (AvgIpc) is 2.18. The third-order valence-electron chi connectivity index (χ3n) is 1.78. The van der Waals surface area contributed by atoms with Crippen LogP contribution >= 0.6 is 0 Å². The van der Waals surface area contributed by atoms with Crippen LogP contribution in [0.2, 0.25) is 0 Å². The number of anilines is 1. The number of nitrogens with two attached hydrogens (primary N) is 1. The van der Waals surface area contributed by atoms with E-state index in [0.717, 1.165) is 12.2 Å². The lowest BCUT2D eigenvalue weighted by atomic mass is 10.2. The van der Waals surface area contributed by atoms with E-state index in [2.05, 4.69) is 0 Å². The first-order chi connectivity index (χ1) is 7.16. The predicted octanol–water partition coefficient (Wildman–Crippen LogP) is 0.649. The first-order valence-electron chi connectivity index (χ1n) is 4.17. The normalized spacial score (nSPS) is 16.8. The van der Waals surface area contributed by atoms with E-state index in [0.29, 0.717) is 0 Å². The maximum Gasteiger partial charge on any atom is 0.336 e. The van der Waals surface area contributed by atoms with Crippen LogP contribution in [0.1, 0.15) is 0 Å². The van der Waals surface area contributed by atoms with Gasteiger partial charge in [-0.25, -0.2) is 9.59 Å². The number of fused-ring (bicyclic) bond motifs is 1. The number of hydrogen-bond acceptors (Lipinski definition) is 5. The van der Waals surface area contributed by atoms with Crippen molar-refractivity contribution in [2.45, 2.75) is 0 Å². The minimum absolute atomic E-state index is 0.0696. The Morgan fingerprint density at radius 3 is 2.40 bits per heavy atom. The van der Waals surface area contributed by atoms with Crippen molar-refractivity contribution in [3.63, 3.8) is 0 Å². The summed E-state index contributed by atoms with van der Waals surface area (Å²) in [6, 6.07) is 4.64. The molecule has 0 saturated carbocycles. The number of rotatable bonds is 0. The van der Waals surface area contributed by atoms with Gasteiger partial charge < -0.3 is 15.2 Å². The van der Waals surface area contributed by atoms with Gasteiger partial charge in [0.05, 0.1) is 5.69 Å². The van der Waals surface area contributed by atoms with E-state index >= 15 is 0 Å². The lowest BCUT2D eigenvalue weighted by Gasteiger charge is -2.12. The lowest BCUT2D eigenvalue weighted by Crippen LogP contribution is -2.14. The van der Waals surface area contributed by atoms with Crippen molar-refractivity contribution in [1.82, 2.24) is 0 Å². The molecule has 15 heavy (non-hydrogen) atoms. The maximum atomic E-state index is 11.1. The van der Waals surface area contributed by atoms with Crippen LogP contribution in [0.5, 0.6) is 11.5 Å². The summed E-state index contributed by atoms with van der Waals surface area (Å²) in [4.78, 5) is 22.2. The van der Waals surface area contributed by atoms with E-state index in [4.69, 9.17) is 15.2 Å². The topological polar surface area (TPSA) is 78.6 Å². The lowest BCUT2D eigenvalue weighted by molar-refractivity contribution is -0.133. The molecule has 0 atom stereocenters. The Morgan fingerprint density at radius 2 is 1.67 bits per heavy atom. The first-order valence-corrected chi connectivity index (χ1v) is 4.17. The minimum Gasteiger partial charge on any atom is -0.419 e. The van der Waals surface area contributed by atoms with Crippen molar-refractivity contribution in [1.29, 1.82) is 0 Å². The number of ether oxygens (including phenoxy) is 2. The Labute approximate surface area is 85.1 Å². The van der Waals surface area contributed by atoms with Gasteiger partial charge in [-0.2, -0.15) is 0 Å². The van der Waals surface area contributed by atoms with E-state index in [1.807, 2.05) is 0 Å². The third kappa shape index (κ3) is 1.80. The largest absolute Gasteiger partial charge is 0.419 e. The fraction of sp³-hybridized carbons (Fsp3) is 0. The quantitative estimate of drug-likeness (QED) is 0.382. The molecule has 0 bridgehead atoms. The van der Waals surface area contributed by atoms with Gasteiger partial charge in [-0.3, -0.25) is 0 Å². The Morgan fingerprint density at radius 1 is 1.00 bits per heavy atom. The molecule has 0 radical (unpaired) electrons. The fourth-order valence-corrected chi connectivity index (χ4v) is 1.14. The van der Waals surface area contributed by atoms with Gasteiger partial charge in [0.1, 0.15) is 0 Å². The number of esters is 2. The maximum absolute atomic E-state index is 11.1. The van der Waals surface area contributed by atoms with Crippen molar-refractivity contribution < 1.29 is 19.1 Å². The van der Waals surface area contributed by atoms with Crippen LogP contribution in [0.4, 0.5) is 5.69 Å². The zero-order valence-electron chi connectivity index (χ0n) is 7.60. The molecule has 0 unspecified atom stereocenters. The van der Waals surface area contributed by atoms with Crippen LogP contribution < -0.4 is 15.2 Å².